The number of hydrogen-bond donors (Lipinski definition) is 0. The van der Waals surface area contributed by atoms with Gasteiger partial charge in [-0.3, -0.25) is 0 Å². The Balaban J connectivity index is 0.000000219. The van der Waals surface area contributed by atoms with Crippen LogP contribution in [-0.2, 0) is 29.5 Å². The zero-order valence-electron chi connectivity index (χ0n) is 37.6. The first kappa shape index (κ1) is 48.3. The third-order valence-electron chi connectivity index (χ3n) is 10.4. The lowest BCUT2D eigenvalue weighted by Gasteiger charge is -2.15. The van der Waals surface area contributed by atoms with Gasteiger partial charge in [0.15, 0.2) is 0 Å². The van der Waals surface area contributed by atoms with Crippen molar-refractivity contribution in [2.45, 2.75) is 71.4 Å². The van der Waals surface area contributed by atoms with E-state index in [-0.39, 0.29) is 0 Å². The molecule has 15 heteroatoms. The monoisotopic (exact) mass is 1030 g/mol. The zero-order valence-corrected chi connectivity index (χ0v) is 43.5. The third kappa shape index (κ3) is 12.4. The summed E-state index contributed by atoms with van der Waals surface area (Å²) in [4.78, 5) is 9.35. The van der Waals surface area contributed by atoms with Crippen molar-refractivity contribution in [3.8, 4) is 45.3 Å². The zero-order chi connectivity index (χ0) is 45.3. The highest BCUT2D eigenvalue weighted by Crippen LogP contribution is 2.44. The van der Waals surface area contributed by atoms with E-state index in [1.165, 1.54) is 0 Å². The van der Waals surface area contributed by atoms with Gasteiger partial charge in [0, 0.05) is 81.8 Å². The lowest BCUT2D eigenvalue weighted by atomic mass is 10.0. The highest BCUT2D eigenvalue weighted by atomic mass is 79.9. The molecule has 4 heterocycles. The van der Waals surface area contributed by atoms with Gasteiger partial charge in [-0.25, -0.2) is 9.97 Å². The van der Waals surface area contributed by atoms with Crippen molar-refractivity contribution in [2.75, 3.05) is 34.5 Å². The fourth-order valence-electron chi connectivity index (χ4n) is 6.84. The van der Waals surface area contributed by atoms with Gasteiger partial charge in [0.1, 0.15) is 54.4 Å². The Morgan fingerprint density at radius 2 is 1.06 bits per heavy atom. The Morgan fingerprint density at radius 3 is 1.56 bits per heavy atom. The van der Waals surface area contributed by atoms with Crippen LogP contribution < -0.4 is 18.9 Å². The summed E-state index contributed by atoms with van der Waals surface area (Å²) < 4.78 is 40.6. The molecule has 10 nitrogen and oxygen atoms in total. The minimum Gasteiger partial charge on any atom is -0.497 e. The van der Waals surface area contributed by atoms with Crippen LogP contribution in [0.25, 0.3) is 44.3 Å². The predicted octanol–water partition coefficient (Wildman–Crippen LogP) is 13.8. The van der Waals surface area contributed by atoms with Gasteiger partial charge < -0.3 is 37.6 Å². The highest BCUT2D eigenvalue weighted by Gasteiger charge is 2.23. The summed E-state index contributed by atoms with van der Waals surface area (Å²) in [6, 6.07) is 26.0. The smallest absolute Gasteiger partial charge is 0.147 e. The SMILES string of the molecule is COc1ccc(COc2c(Br)cnc3c2c(-c2ccccc2OC)cn3COCC[Si](C)(C)C)cc1.COc1ccccc1-c1cn(COCC[Si](C)(C)C)c2ncc(Br)c(Cl)c12. The molecule has 0 aliphatic carbocycles. The number of fused-ring (bicyclic) bond motifs is 2. The average Bonchev–Trinajstić information content (AvgIpc) is 3.83. The van der Waals surface area contributed by atoms with E-state index in [1.54, 1.807) is 33.7 Å². The second-order valence-corrected chi connectivity index (χ2v) is 30.8. The Labute approximate surface area is 395 Å². The molecule has 0 unspecified atom stereocenters. The van der Waals surface area contributed by atoms with Gasteiger partial charge >= 0.3 is 0 Å². The van der Waals surface area contributed by atoms with Gasteiger partial charge in [-0.2, -0.15) is 0 Å². The summed E-state index contributed by atoms with van der Waals surface area (Å²) in [5, 5.41) is 2.45. The maximum absolute atomic E-state index is 6.63. The molecule has 0 fully saturated rings. The number of methoxy groups -OCH3 is 3. The Bertz CT molecular complexity index is 2630. The molecule has 334 valence electrons. The van der Waals surface area contributed by atoms with E-state index in [1.807, 2.05) is 82.1 Å². The van der Waals surface area contributed by atoms with E-state index in [2.05, 4.69) is 88.4 Å². The number of rotatable bonds is 18. The van der Waals surface area contributed by atoms with Gasteiger partial charge in [-0.15, -0.1) is 0 Å². The first-order valence-electron chi connectivity index (χ1n) is 20.8. The van der Waals surface area contributed by atoms with Crippen LogP contribution in [0.5, 0.6) is 23.0 Å². The summed E-state index contributed by atoms with van der Waals surface area (Å²) in [5.74, 6) is 3.14. The number of pyridine rings is 2. The quantitative estimate of drug-likeness (QED) is 0.0620. The van der Waals surface area contributed by atoms with Crippen LogP contribution in [0.1, 0.15) is 5.56 Å². The van der Waals surface area contributed by atoms with E-state index in [4.69, 9.17) is 45.0 Å². The number of ether oxygens (including phenoxy) is 6. The molecule has 0 aliphatic rings. The molecule has 0 spiro atoms. The molecule has 0 aliphatic heterocycles. The largest absolute Gasteiger partial charge is 0.497 e. The molecule has 3 aromatic carbocycles. The molecule has 7 rings (SSSR count). The Hall–Kier alpha value is -4.16. The van der Waals surface area contributed by atoms with Crippen LogP contribution >= 0.6 is 43.5 Å². The summed E-state index contributed by atoms with van der Waals surface area (Å²) in [7, 11) is 2.73. The summed E-state index contributed by atoms with van der Waals surface area (Å²) in [6.07, 6.45) is 7.64. The van der Waals surface area contributed by atoms with E-state index in [0.717, 1.165) is 107 Å². The molecular weight excluding hydrogens is 980 g/mol. The standard InChI is InChI=1S/C28H33BrN2O4Si.C20H24BrClN2O2Si/c1-32-21-12-10-20(11-13-21)18-35-27-24(29)16-30-28-26(27)23(22-8-6-7-9-25(22)33-2)17-31(28)19-34-14-15-36(3,4)5;1-25-17-8-6-5-7-14(17)15-12-24(13-26-9-10-27(2,3)4)20-18(15)19(22)16(21)11-23-20/h6-13,16-17H,14-15,18-19H2,1-5H3;5-8,11-12H,9-10,13H2,1-4H3. The molecule has 0 N–H and O–H groups in total. The van der Waals surface area contributed by atoms with Gasteiger partial charge in [0.05, 0.1) is 40.7 Å². The summed E-state index contributed by atoms with van der Waals surface area (Å²) in [5.41, 5.74) is 6.56. The summed E-state index contributed by atoms with van der Waals surface area (Å²) >= 11 is 13.8. The van der Waals surface area contributed by atoms with Crippen LogP contribution in [0.15, 0.2) is 107 Å². The first-order chi connectivity index (χ1) is 30.1. The van der Waals surface area contributed by atoms with Crippen molar-refractivity contribution in [3.05, 3.63) is 117 Å². The number of halogens is 3. The third-order valence-corrected chi connectivity index (χ3v) is 15.6. The maximum atomic E-state index is 6.63. The number of para-hydroxylation sites is 2. The van der Waals surface area contributed by atoms with Crippen LogP contribution in [-0.4, -0.2) is 69.8 Å². The number of nitrogens with zero attached hydrogens (tertiary/aromatic N) is 4. The van der Waals surface area contributed by atoms with Gasteiger partial charge in [-0.05, 0) is 73.8 Å². The number of benzene rings is 3. The van der Waals surface area contributed by atoms with Crippen LogP contribution in [0.3, 0.4) is 0 Å². The van der Waals surface area contributed by atoms with Crippen molar-refractivity contribution >= 4 is 81.7 Å². The molecule has 0 amide bonds. The van der Waals surface area contributed by atoms with Crippen molar-refractivity contribution in [3.63, 3.8) is 0 Å². The van der Waals surface area contributed by atoms with E-state index >= 15 is 0 Å². The Morgan fingerprint density at radius 1 is 0.587 bits per heavy atom. The van der Waals surface area contributed by atoms with E-state index < -0.39 is 16.1 Å². The first-order valence-corrected chi connectivity index (χ1v) is 30.2. The normalized spacial score (nSPS) is 11.7. The van der Waals surface area contributed by atoms with E-state index in [9.17, 15) is 0 Å². The molecule has 0 radical (unpaired) electrons. The number of hydrogen-bond acceptors (Lipinski definition) is 8. The van der Waals surface area contributed by atoms with Crippen LogP contribution in [0.4, 0.5) is 0 Å². The highest BCUT2D eigenvalue weighted by molar-refractivity contribution is 9.10. The maximum Gasteiger partial charge on any atom is 0.147 e. The minimum absolute atomic E-state index is 0.408. The van der Waals surface area contributed by atoms with E-state index in [0.29, 0.717) is 25.1 Å². The molecule has 0 saturated heterocycles. The van der Waals surface area contributed by atoms with Gasteiger partial charge in [0.25, 0.3) is 0 Å². The number of aromatic nitrogens is 4. The second-order valence-electron chi connectivity index (χ2n) is 17.5. The lowest BCUT2D eigenvalue weighted by Crippen LogP contribution is -2.22. The van der Waals surface area contributed by atoms with Crippen molar-refractivity contribution < 1.29 is 28.4 Å². The second kappa shape index (κ2) is 21.7. The van der Waals surface area contributed by atoms with Gasteiger partial charge in [-0.1, -0.05) is 99.4 Å². The average molecular weight is 1040 g/mol. The van der Waals surface area contributed by atoms with Crippen LogP contribution in [0.2, 0.25) is 56.4 Å². The molecule has 7 aromatic rings. The fourth-order valence-corrected chi connectivity index (χ4v) is 9.30. The molecule has 0 saturated carbocycles. The van der Waals surface area contributed by atoms with Crippen LogP contribution in [0, 0.1) is 0 Å². The lowest BCUT2D eigenvalue weighted by molar-refractivity contribution is 0.0898. The molecule has 0 bridgehead atoms. The molecule has 4 aromatic heterocycles. The van der Waals surface area contributed by atoms with Gasteiger partial charge in [0.2, 0.25) is 0 Å². The minimum atomic E-state index is -1.17. The molecule has 0 atom stereocenters. The Kier molecular flexibility index (Phi) is 16.6. The topological polar surface area (TPSA) is 91.0 Å². The predicted molar refractivity (Wildman–Crippen MR) is 269 cm³/mol. The van der Waals surface area contributed by atoms with Crippen molar-refractivity contribution in [1.29, 1.82) is 0 Å². The van der Waals surface area contributed by atoms with Crippen molar-refractivity contribution in [2.24, 2.45) is 0 Å². The van der Waals surface area contributed by atoms with Crippen molar-refractivity contribution in [1.82, 2.24) is 19.1 Å². The summed E-state index contributed by atoms with van der Waals surface area (Å²) in [6.45, 7) is 16.9. The fraction of sp³-hybridized carbons (Fsp3) is 0.333. The molecular formula is C48H57Br2ClN4O6Si2. The molecule has 63 heavy (non-hydrogen) atoms.